The number of aryl methyl sites for hydroxylation is 1. The van der Waals surface area contributed by atoms with Crippen molar-refractivity contribution in [1.29, 1.82) is 0 Å². The number of nitrogens with zero attached hydrogens (tertiary/aromatic N) is 4. The third-order valence-corrected chi connectivity index (χ3v) is 5.86. The normalized spacial score (nSPS) is 16.3. The molecule has 1 N–H and O–H groups in total. The van der Waals surface area contributed by atoms with E-state index in [1.54, 1.807) is 18.5 Å². The highest BCUT2D eigenvalue weighted by atomic mass is 35.5. The Labute approximate surface area is 186 Å². The van der Waals surface area contributed by atoms with Crippen molar-refractivity contribution < 1.29 is 14.6 Å². The molecule has 0 aliphatic carbocycles. The summed E-state index contributed by atoms with van der Waals surface area (Å²) in [7, 11) is 1.92. The van der Waals surface area contributed by atoms with Crippen LogP contribution < -0.4 is 0 Å². The quantitative estimate of drug-likeness (QED) is 0.599. The minimum absolute atomic E-state index is 0.116. The van der Waals surface area contributed by atoms with Gasteiger partial charge in [-0.05, 0) is 48.7 Å². The summed E-state index contributed by atoms with van der Waals surface area (Å²) in [5.74, 6) is -0.931. The van der Waals surface area contributed by atoms with Gasteiger partial charge in [-0.2, -0.15) is 5.10 Å². The number of carboxylic acids is 1. The molecule has 1 aliphatic rings. The first-order valence-corrected chi connectivity index (χ1v) is 10.7. The number of carboxylic acid groups (broad SMARTS) is 1. The molecule has 1 unspecified atom stereocenters. The molecule has 7 nitrogen and oxygen atoms in total. The summed E-state index contributed by atoms with van der Waals surface area (Å²) in [6.45, 7) is 2.36. The fourth-order valence-corrected chi connectivity index (χ4v) is 4.05. The maximum atomic E-state index is 11.2. The van der Waals surface area contributed by atoms with Gasteiger partial charge in [-0.3, -0.25) is 14.6 Å². The predicted molar refractivity (Wildman–Crippen MR) is 117 cm³/mol. The van der Waals surface area contributed by atoms with E-state index >= 15 is 0 Å². The van der Waals surface area contributed by atoms with Crippen molar-refractivity contribution in [2.75, 3.05) is 13.1 Å². The summed E-state index contributed by atoms with van der Waals surface area (Å²) in [6, 6.07) is 12.9. The van der Waals surface area contributed by atoms with Crippen LogP contribution in [0.4, 0.5) is 0 Å². The Balaban J connectivity index is 1.40. The largest absolute Gasteiger partial charge is 0.478 e. The molecule has 1 atom stereocenters. The molecule has 8 heteroatoms. The van der Waals surface area contributed by atoms with Crippen LogP contribution in [0.15, 0.2) is 54.9 Å². The Morgan fingerprint density at radius 2 is 1.94 bits per heavy atom. The summed E-state index contributed by atoms with van der Waals surface area (Å²) >= 11 is 6.07. The van der Waals surface area contributed by atoms with Gasteiger partial charge in [0.05, 0.1) is 23.1 Å². The molecule has 0 radical (unpaired) electrons. The highest BCUT2D eigenvalue weighted by Gasteiger charge is 2.26. The number of halogens is 1. The first-order chi connectivity index (χ1) is 15.0. The van der Waals surface area contributed by atoms with Crippen LogP contribution in [-0.2, 0) is 18.3 Å². The standard InChI is InChI=1S/C23H25ClN4O3/c1-27-21(7-11-26-27)22(16-2-4-18(24)5-3-16)31-20-8-12-28(13-9-20)15-19-14-17(23(29)30)6-10-25-19/h2-7,10-11,14,20,22H,8-9,12-13,15H2,1H3,(H,29,30). The molecular formula is C23H25ClN4O3. The molecule has 3 heterocycles. The third-order valence-electron chi connectivity index (χ3n) is 5.61. The lowest BCUT2D eigenvalue weighted by Gasteiger charge is -2.34. The van der Waals surface area contributed by atoms with Crippen molar-refractivity contribution in [2.24, 2.45) is 7.05 Å². The van der Waals surface area contributed by atoms with E-state index in [9.17, 15) is 4.79 Å². The number of aromatic carboxylic acids is 1. The average Bonchev–Trinajstić information content (AvgIpc) is 3.20. The summed E-state index contributed by atoms with van der Waals surface area (Å²) in [4.78, 5) is 17.8. The zero-order chi connectivity index (χ0) is 21.8. The van der Waals surface area contributed by atoms with Gasteiger partial charge >= 0.3 is 5.97 Å². The van der Waals surface area contributed by atoms with Crippen LogP contribution in [0.3, 0.4) is 0 Å². The second-order valence-electron chi connectivity index (χ2n) is 7.76. The lowest BCUT2D eigenvalue weighted by Crippen LogP contribution is -2.37. The van der Waals surface area contributed by atoms with E-state index < -0.39 is 5.97 Å². The Hall–Kier alpha value is -2.74. The van der Waals surface area contributed by atoms with E-state index in [2.05, 4.69) is 15.0 Å². The van der Waals surface area contributed by atoms with Gasteiger partial charge < -0.3 is 9.84 Å². The van der Waals surface area contributed by atoms with Crippen LogP contribution in [0.5, 0.6) is 0 Å². The van der Waals surface area contributed by atoms with E-state index in [0.29, 0.717) is 11.6 Å². The second kappa shape index (κ2) is 9.60. The molecule has 0 bridgehead atoms. The van der Waals surface area contributed by atoms with Gasteiger partial charge in [0.15, 0.2) is 0 Å². The smallest absolute Gasteiger partial charge is 0.335 e. The molecule has 4 rings (SSSR count). The van der Waals surface area contributed by atoms with Crippen molar-refractivity contribution in [2.45, 2.75) is 31.6 Å². The molecular weight excluding hydrogens is 416 g/mol. The number of likely N-dealkylation sites (tertiary alicyclic amines) is 1. The first kappa shape index (κ1) is 21.5. The van der Waals surface area contributed by atoms with Crippen LogP contribution in [0.25, 0.3) is 0 Å². The van der Waals surface area contributed by atoms with Crippen LogP contribution in [0.1, 0.15) is 46.3 Å². The summed E-state index contributed by atoms with van der Waals surface area (Å²) in [6.07, 6.45) is 5.02. The van der Waals surface area contributed by atoms with Crippen LogP contribution >= 0.6 is 11.6 Å². The van der Waals surface area contributed by atoms with Gasteiger partial charge in [0.25, 0.3) is 0 Å². The van der Waals surface area contributed by atoms with Gasteiger partial charge in [0.2, 0.25) is 0 Å². The molecule has 1 saturated heterocycles. The molecule has 1 fully saturated rings. The van der Waals surface area contributed by atoms with Gasteiger partial charge in [0, 0.05) is 44.1 Å². The highest BCUT2D eigenvalue weighted by molar-refractivity contribution is 6.30. The number of carbonyl (C=O) groups is 1. The van der Waals surface area contributed by atoms with Crippen LogP contribution in [0, 0.1) is 0 Å². The van der Waals surface area contributed by atoms with E-state index in [1.165, 1.54) is 6.07 Å². The zero-order valence-electron chi connectivity index (χ0n) is 17.3. The van der Waals surface area contributed by atoms with Gasteiger partial charge in [-0.15, -0.1) is 0 Å². The Bertz CT molecular complexity index is 1030. The third kappa shape index (κ3) is 5.31. The lowest BCUT2D eigenvalue weighted by molar-refractivity contribution is -0.0310. The van der Waals surface area contributed by atoms with Crippen molar-refractivity contribution >= 4 is 17.6 Å². The molecule has 1 aliphatic heterocycles. The van der Waals surface area contributed by atoms with Gasteiger partial charge in [0.1, 0.15) is 6.10 Å². The highest BCUT2D eigenvalue weighted by Crippen LogP contribution is 2.30. The summed E-state index contributed by atoms with van der Waals surface area (Å²) < 4.78 is 8.41. The molecule has 0 amide bonds. The fraction of sp³-hybridized carbons (Fsp3) is 0.348. The fourth-order valence-electron chi connectivity index (χ4n) is 3.92. The number of aromatic nitrogens is 3. The molecule has 0 spiro atoms. The van der Waals surface area contributed by atoms with Crippen molar-refractivity contribution in [3.05, 3.63) is 82.4 Å². The van der Waals surface area contributed by atoms with Crippen molar-refractivity contribution in [3.8, 4) is 0 Å². The molecule has 1 aromatic carbocycles. The van der Waals surface area contributed by atoms with E-state index in [4.69, 9.17) is 21.4 Å². The van der Waals surface area contributed by atoms with Gasteiger partial charge in [-0.25, -0.2) is 4.79 Å². The number of ether oxygens (including phenoxy) is 1. The molecule has 0 saturated carbocycles. The van der Waals surface area contributed by atoms with Crippen LogP contribution in [-0.4, -0.2) is 49.9 Å². The average molecular weight is 441 g/mol. The Morgan fingerprint density at radius 3 is 2.58 bits per heavy atom. The number of rotatable bonds is 7. The number of pyridine rings is 1. The first-order valence-electron chi connectivity index (χ1n) is 10.3. The maximum absolute atomic E-state index is 11.2. The monoisotopic (exact) mass is 440 g/mol. The second-order valence-corrected chi connectivity index (χ2v) is 8.20. The van der Waals surface area contributed by atoms with E-state index in [1.807, 2.05) is 42.1 Å². The van der Waals surface area contributed by atoms with Crippen LogP contribution in [0.2, 0.25) is 5.02 Å². The zero-order valence-corrected chi connectivity index (χ0v) is 18.1. The Morgan fingerprint density at radius 1 is 1.19 bits per heavy atom. The number of hydrogen-bond acceptors (Lipinski definition) is 5. The minimum Gasteiger partial charge on any atom is -0.478 e. The predicted octanol–water partition coefficient (Wildman–Crippen LogP) is 3.94. The summed E-state index contributed by atoms with van der Waals surface area (Å²) in [5, 5.41) is 14.2. The molecule has 2 aromatic heterocycles. The molecule has 162 valence electrons. The number of benzene rings is 1. The maximum Gasteiger partial charge on any atom is 0.335 e. The van der Waals surface area contributed by atoms with Crippen molar-refractivity contribution in [3.63, 3.8) is 0 Å². The summed E-state index contributed by atoms with van der Waals surface area (Å²) in [5.41, 5.74) is 3.09. The number of piperidine rings is 1. The van der Waals surface area contributed by atoms with E-state index in [0.717, 1.165) is 42.9 Å². The van der Waals surface area contributed by atoms with Crippen molar-refractivity contribution in [1.82, 2.24) is 19.7 Å². The Kier molecular flexibility index (Phi) is 6.65. The molecule has 3 aromatic rings. The molecule has 31 heavy (non-hydrogen) atoms. The number of hydrogen-bond donors (Lipinski definition) is 1. The minimum atomic E-state index is -0.931. The lowest BCUT2D eigenvalue weighted by atomic mass is 10.0. The SMILES string of the molecule is Cn1nccc1C(OC1CCN(Cc2cc(C(=O)O)ccn2)CC1)c1ccc(Cl)cc1. The topological polar surface area (TPSA) is 80.5 Å². The van der Waals surface area contributed by atoms with Gasteiger partial charge in [-0.1, -0.05) is 23.7 Å². The van der Waals surface area contributed by atoms with E-state index in [-0.39, 0.29) is 17.8 Å².